The molecule has 2 aromatic carbocycles. The van der Waals surface area contributed by atoms with Crippen LogP contribution >= 0.6 is 0 Å². The van der Waals surface area contributed by atoms with Crippen LogP contribution in [0.3, 0.4) is 0 Å². The van der Waals surface area contributed by atoms with Gasteiger partial charge in [-0.1, -0.05) is 12.1 Å². The summed E-state index contributed by atoms with van der Waals surface area (Å²) in [5.41, 5.74) is 2.58. The fraction of sp³-hybridized carbons (Fsp3) is 0.318. The molecule has 162 valence electrons. The highest BCUT2D eigenvalue weighted by molar-refractivity contribution is 7.89. The van der Waals surface area contributed by atoms with Crippen molar-refractivity contribution in [1.82, 2.24) is 19.4 Å². The van der Waals surface area contributed by atoms with Crippen LogP contribution in [0.1, 0.15) is 18.4 Å². The predicted molar refractivity (Wildman–Crippen MR) is 116 cm³/mol. The van der Waals surface area contributed by atoms with E-state index in [4.69, 9.17) is 0 Å². The summed E-state index contributed by atoms with van der Waals surface area (Å²) in [6.45, 7) is 2.54. The maximum atomic E-state index is 13.1. The van der Waals surface area contributed by atoms with Gasteiger partial charge in [-0.2, -0.15) is 9.82 Å². The van der Waals surface area contributed by atoms with E-state index in [-0.39, 0.29) is 17.9 Å². The van der Waals surface area contributed by atoms with Crippen molar-refractivity contribution in [1.29, 1.82) is 0 Å². The summed E-state index contributed by atoms with van der Waals surface area (Å²) in [5.74, 6) is -0.0430. The van der Waals surface area contributed by atoms with E-state index < -0.39 is 10.0 Å². The number of piperidine rings is 1. The molecule has 31 heavy (non-hydrogen) atoms. The van der Waals surface area contributed by atoms with Gasteiger partial charge in [0, 0.05) is 18.3 Å². The number of halogens is 1. The fourth-order valence-electron chi connectivity index (χ4n) is 4.34. The number of fused-ring (bicyclic) bond motifs is 1. The number of anilines is 1. The van der Waals surface area contributed by atoms with Crippen molar-refractivity contribution in [2.75, 3.05) is 18.4 Å². The number of aromatic nitrogens is 2. The molecule has 0 bridgehead atoms. The van der Waals surface area contributed by atoms with Crippen LogP contribution in [-0.2, 0) is 16.6 Å². The highest BCUT2D eigenvalue weighted by Crippen LogP contribution is 2.31. The Morgan fingerprint density at radius 3 is 2.58 bits per heavy atom. The average Bonchev–Trinajstić information content (AvgIpc) is 3.23. The average molecular weight is 442 g/mol. The molecule has 0 amide bonds. The van der Waals surface area contributed by atoms with Gasteiger partial charge < -0.3 is 5.32 Å². The Labute approximate surface area is 180 Å². The second-order valence-corrected chi connectivity index (χ2v) is 9.81. The molecule has 7 nitrogen and oxygen atoms in total. The van der Waals surface area contributed by atoms with Gasteiger partial charge in [-0.05, 0) is 68.2 Å². The van der Waals surface area contributed by atoms with Crippen LogP contribution in [0.4, 0.5) is 10.1 Å². The van der Waals surface area contributed by atoms with Crippen LogP contribution in [0.15, 0.2) is 65.8 Å². The van der Waals surface area contributed by atoms with Gasteiger partial charge in [0.25, 0.3) is 0 Å². The van der Waals surface area contributed by atoms with E-state index in [1.807, 2.05) is 24.5 Å². The normalized spacial score (nSPS) is 21.4. The van der Waals surface area contributed by atoms with E-state index in [1.165, 1.54) is 12.1 Å². The molecule has 0 spiro atoms. The molecule has 0 aliphatic carbocycles. The molecular formula is C22H24FN5O2S. The van der Waals surface area contributed by atoms with Crippen molar-refractivity contribution < 1.29 is 12.8 Å². The zero-order chi connectivity index (χ0) is 21.4. The quantitative estimate of drug-likeness (QED) is 0.651. The Bertz CT molecular complexity index is 1170. The third-order valence-electron chi connectivity index (χ3n) is 6.01. The van der Waals surface area contributed by atoms with Crippen molar-refractivity contribution in [2.24, 2.45) is 5.92 Å². The summed E-state index contributed by atoms with van der Waals surface area (Å²) in [7, 11) is -3.49. The number of hydrogen-bond acceptors (Lipinski definition) is 5. The molecule has 3 aromatic rings. The smallest absolute Gasteiger partial charge is 0.244 e. The van der Waals surface area contributed by atoms with Crippen molar-refractivity contribution in [3.63, 3.8) is 0 Å². The molecular weight excluding hydrogens is 417 g/mol. The number of hydrogen-bond donors (Lipinski definition) is 2. The molecule has 1 unspecified atom stereocenters. The Hall–Kier alpha value is -2.75. The molecule has 3 heterocycles. The first-order valence-corrected chi connectivity index (χ1v) is 11.9. The molecule has 1 atom stereocenters. The fourth-order valence-corrected chi connectivity index (χ4v) is 5.73. The minimum Gasteiger partial charge on any atom is -0.368 e. The number of nitrogens with zero attached hydrogens (tertiary/aromatic N) is 3. The van der Waals surface area contributed by atoms with Gasteiger partial charge in [0.1, 0.15) is 10.7 Å². The number of benzene rings is 2. The molecule has 2 N–H and O–H groups in total. The zero-order valence-corrected chi connectivity index (χ0v) is 17.7. The van der Waals surface area contributed by atoms with E-state index in [9.17, 15) is 12.8 Å². The van der Waals surface area contributed by atoms with Crippen molar-refractivity contribution in [2.45, 2.75) is 30.4 Å². The summed E-state index contributed by atoms with van der Waals surface area (Å²) < 4.78 is 42.8. The Morgan fingerprint density at radius 1 is 1.06 bits per heavy atom. The molecule has 2 aliphatic rings. The number of nitrogens with one attached hydrogen (secondary N) is 2. The largest absolute Gasteiger partial charge is 0.368 e. The minimum atomic E-state index is -3.49. The monoisotopic (exact) mass is 441 g/mol. The van der Waals surface area contributed by atoms with Gasteiger partial charge in [-0.3, -0.25) is 4.90 Å². The summed E-state index contributed by atoms with van der Waals surface area (Å²) in [5, 5.41) is 7.75. The molecule has 0 radical (unpaired) electrons. The zero-order valence-electron chi connectivity index (χ0n) is 16.9. The lowest BCUT2D eigenvalue weighted by Gasteiger charge is -2.38. The number of rotatable bonds is 4. The molecule has 0 saturated carbocycles. The second kappa shape index (κ2) is 8.07. The Balaban J connectivity index is 1.19. The van der Waals surface area contributed by atoms with Gasteiger partial charge in [0.2, 0.25) is 10.0 Å². The molecule has 9 heteroatoms. The van der Waals surface area contributed by atoms with Gasteiger partial charge >= 0.3 is 0 Å². The van der Waals surface area contributed by atoms with E-state index in [2.05, 4.69) is 20.0 Å². The SMILES string of the molecule is O=S1(=O)NC(C2CCN(Cc3cnn(-c4ccc(F)cc4)c3)CC2)Nc2ccccc21. The topological polar surface area (TPSA) is 79.3 Å². The van der Waals surface area contributed by atoms with Crippen LogP contribution in [0.25, 0.3) is 5.69 Å². The lowest BCUT2D eigenvalue weighted by molar-refractivity contribution is 0.163. The minimum absolute atomic E-state index is 0.223. The van der Waals surface area contributed by atoms with Crippen molar-refractivity contribution in [3.8, 4) is 5.69 Å². The summed E-state index contributed by atoms with van der Waals surface area (Å²) in [4.78, 5) is 2.66. The van der Waals surface area contributed by atoms with Crippen molar-refractivity contribution >= 4 is 15.7 Å². The first-order chi connectivity index (χ1) is 15.0. The Kier molecular flexibility index (Phi) is 5.25. The molecule has 2 aliphatic heterocycles. The van der Waals surface area contributed by atoms with Gasteiger partial charge in [0.15, 0.2) is 0 Å². The molecule has 1 fully saturated rings. The summed E-state index contributed by atoms with van der Waals surface area (Å²) in [6, 6.07) is 13.3. The summed E-state index contributed by atoms with van der Waals surface area (Å²) in [6.07, 6.45) is 5.31. The number of para-hydroxylation sites is 1. The second-order valence-electron chi connectivity index (χ2n) is 8.12. The summed E-state index contributed by atoms with van der Waals surface area (Å²) >= 11 is 0. The van der Waals surface area contributed by atoms with E-state index in [0.29, 0.717) is 10.6 Å². The Morgan fingerprint density at radius 2 is 1.81 bits per heavy atom. The van der Waals surface area contributed by atoms with Crippen LogP contribution in [0.2, 0.25) is 0 Å². The van der Waals surface area contributed by atoms with Gasteiger partial charge in [-0.15, -0.1) is 0 Å². The van der Waals surface area contributed by atoms with Crippen LogP contribution in [-0.4, -0.2) is 42.4 Å². The van der Waals surface area contributed by atoms with Crippen LogP contribution < -0.4 is 10.0 Å². The van der Waals surface area contributed by atoms with Gasteiger partial charge in [0.05, 0.1) is 23.7 Å². The molecule has 1 aromatic heterocycles. The molecule has 1 saturated heterocycles. The first kappa shape index (κ1) is 20.2. The van der Waals surface area contributed by atoms with Crippen LogP contribution in [0, 0.1) is 11.7 Å². The third-order valence-corrected chi connectivity index (χ3v) is 7.51. The standard InChI is InChI=1S/C22H24FN5O2S/c23-18-5-7-19(8-6-18)28-15-16(13-24-28)14-27-11-9-17(10-12-27)22-25-20-3-1-2-4-21(20)31(29,30)26-22/h1-8,13,15,17,22,25-26H,9-12,14H2. The predicted octanol–water partition coefficient (Wildman–Crippen LogP) is 2.95. The number of sulfonamides is 1. The third kappa shape index (κ3) is 4.21. The highest BCUT2D eigenvalue weighted by Gasteiger charge is 2.35. The highest BCUT2D eigenvalue weighted by atomic mass is 32.2. The van der Waals surface area contributed by atoms with E-state index in [0.717, 1.165) is 43.7 Å². The number of likely N-dealkylation sites (tertiary alicyclic amines) is 1. The van der Waals surface area contributed by atoms with E-state index in [1.54, 1.807) is 28.9 Å². The lowest BCUT2D eigenvalue weighted by Crippen LogP contribution is -2.51. The van der Waals surface area contributed by atoms with Crippen molar-refractivity contribution in [3.05, 3.63) is 72.3 Å². The maximum absolute atomic E-state index is 13.1. The molecule has 5 rings (SSSR count). The first-order valence-electron chi connectivity index (χ1n) is 10.4. The van der Waals surface area contributed by atoms with E-state index >= 15 is 0 Å². The maximum Gasteiger partial charge on any atom is 0.244 e. The lowest BCUT2D eigenvalue weighted by atomic mass is 9.93. The van der Waals surface area contributed by atoms with Gasteiger partial charge in [-0.25, -0.2) is 17.5 Å². The van der Waals surface area contributed by atoms with Crippen LogP contribution in [0.5, 0.6) is 0 Å².